The van der Waals surface area contributed by atoms with Crippen molar-refractivity contribution in [2.45, 2.75) is 32.6 Å². The van der Waals surface area contributed by atoms with Gasteiger partial charge < -0.3 is 24.7 Å². The summed E-state index contributed by atoms with van der Waals surface area (Å²) >= 11 is 8.67. The molecule has 13 nitrogen and oxygen atoms in total. The van der Waals surface area contributed by atoms with Crippen molar-refractivity contribution in [1.82, 2.24) is 39.9 Å². The molecule has 0 aromatic carbocycles. The van der Waals surface area contributed by atoms with Crippen molar-refractivity contribution in [2.75, 3.05) is 17.6 Å². The van der Waals surface area contributed by atoms with E-state index in [2.05, 4.69) is 54.4 Å². The van der Waals surface area contributed by atoms with Crippen LogP contribution in [0.1, 0.15) is 37.6 Å². The van der Waals surface area contributed by atoms with E-state index in [0.29, 0.717) is 0 Å². The number of halogens is 10. The van der Waals surface area contributed by atoms with Crippen LogP contribution in [0.2, 0.25) is 5.15 Å². The van der Waals surface area contributed by atoms with E-state index in [1.54, 1.807) is 45.2 Å². The van der Waals surface area contributed by atoms with Crippen LogP contribution in [0.15, 0.2) is 53.7 Å². The largest absolute Gasteiger partial charge is 0.390 e. The van der Waals surface area contributed by atoms with Crippen LogP contribution < -0.4 is 0 Å². The molecule has 23 heteroatoms. The zero-order chi connectivity index (χ0) is 38.0. The number of aliphatic hydroxyl groups excluding tert-OH is 2. The smallest absolute Gasteiger partial charge is 0.315 e. The Morgan fingerprint density at radius 1 is 0.635 bits per heavy atom. The van der Waals surface area contributed by atoms with E-state index in [1.807, 2.05) is 0 Å². The summed E-state index contributed by atoms with van der Waals surface area (Å²) in [4.78, 5) is 36.6. The van der Waals surface area contributed by atoms with E-state index in [9.17, 15) is 30.7 Å². The standard InChI is InChI=1S/C7H4F2IN3.C7H5F2N3O.C7H3FIN3.C6H5ClF2N2O.2CH4/c1-11-6-3-12-5(2-13-6)7(8,9)4-10;1-10-6-3-11-5(2-12-6)7(8,9)4-13;1-10-7-4-11-6(3-12-7)5(8)2-9;7-5-2-10-4(1-11-5)6(8,9)3-12;;/h2-3H,4H2;2-3,13H,4H2;2-4H;1-2,12H,3H2;2*1H4/b;;5-2-;;;. The van der Waals surface area contributed by atoms with Crippen LogP contribution in [0.4, 0.5) is 48.2 Å². The van der Waals surface area contributed by atoms with E-state index in [4.69, 9.17) is 41.5 Å². The summed E-state index contributed by atoms with van der Waals surface area (Å²) < 4.78 is 90.2. The molecule has 0 spiro atoms. The number of nitrogens with zero attached hydrogens (tertiary/aromatic N) is 11. The highest BCUT2D eigenvalue weighted by Crippen LogP contribution is 2.28. The molecule has 2 N–H and O–H groups in total. The highest BCUT2D eigenvalue weighted by atomic mass is 127. The van der Waals surface area contributed by atoms with Crippen molar-refractivity contribution in [3.8, 4) is 0 Å². The third-order valence-corrected chi connectivity index (χ3v) is 6.61. The van der Waals surface area contributed by atoms with E-state index < -0.39 is 53.9 Å². The van der Waals surface area contributed by atoms with Gasteiger partial charge in [-0.2, -0.15) is 26.3 Å². The number of hydrogen-bond acceptors (Lipinski definition) is 10. The molecule has 0 atom stereocenters. The summed E-state index contributed by atoms with van der Waals surface area (Å²) in [6, 6.07) is 0. The average Bonchev–Trinajstić information content (AvgIpc) is 3.15. The number of aliphatic hydroxyl groups is 2. The van der Waals surface area contributed by atoms with Gasteiger partial charge in [0.2, 0.25) is 0 Å². The van der Waals surface area contributed by atoms with E-state index in [-0.39, 0.29) is 47.6 Å². The maximum atomic E-state index is 12.9. The van der Waals surface area contributed by atoms with Crippen LogP contribution in [-0.4, -0.2) is 67.7 Å². The fraction of sp³-hybridized carbons (Fsp3) is 0.276. The van der Waals surface area contributed by atoms with E-state index >= 15 is 0 Å². The first-order chi connectivity index (χ1) is 23.5. The van der Waals surface area contributed by atoms with Gasteiger partial charge in [0.25, 0.3) is 17.5 Å². The van der Waals surface area contributed by atoms with Crippen molar-refractivity contribution in [2.24, 2.45) is 0 Å². The predicted octanol–water partition coefficient (Wildman–Crippen LogP) is 8.88. The zero-order valence-electron chi connectivity index (χ0n) is 24.4. The minimum atomic E-state index is -3.40. The molecule has 4 rings (SSSR count). The molecule has 0 saturated carbocycles. The van der Waals surface area contributed by atoms with E-state index in [1.165, 1.54) is 16.5 Å². The second-order valence-corrected chi connectivity index (χ2v) is 10.1. The molecule has 0 bridgehead atoms. The Labute approximate surface area is 325 Å². The molecule has 0 aliphatic carbocycles. The topological polar surface area (TPSA) is 157 Å². The van der Waals surface area contributed by atoms with Crippen molar-refractivity contribution in [3.05, 3.63) is 116 Å². The highest BCUT2D eigenvalue weighted by molar-refractivity contribution is 14.1. The maximum Gasteiger partial charge on any atom is 0.315 e. The Morgan fingerprint density at radius 3 is 1.27 bits per heavy atom. The first-order valence-electron chi connectivity index (χ1n) is 12.5. The van der Waals surface area contributed by atoms with E-state index in [0.717, 1.165) is 37.2 Å². The summed E-state index contributed by atoms with van der Waals surface area (Å²) in [5.74, 6) is -10.0. The van der Waals surface area contributed by atoms with Gasteiger partial charge in [0, 0.05) is 4.08 Å². The van der Waals surface area contributed by atoms with Gasteiger partial charge in [-0.1, -0.05) is 68.8 Å². The third kappa shape index (κ3) is 16.4. The SMILES string of the molecule is C.C.OCC(F)(F)c1cnc(Cl)cn1.[C-]#[N+]c1cnc(/C(F)=C/I)cn1.[C-]#[N+]c1cnc(C(F)(F)CI)cn1.[C-]#[N+]c1cnc(C(F)(F)CO)cn1. The minimum absolute atomic E-state index is 0. The lowest BCUT2D eigenvalue weighted by Gasteiger charge is -2.10. The summed E-state index contributed by atoms with van der Waals surface area (Å²) in [6.07, 6.45) is 8.00. The predicted molar refractivity (Wildman–Crippen MR) is 193 cm³/mol. The van der Waals surface area contributed by atoms with Gasteiger partial charge in [-0.3, -0.25) is 19.9 Å². The maximum absolute atomic E-state index is 12.9. The van der Waals surface area contributed by atoms with Crippen LogP contribution in [0.25, 0.3) is 20.4 Å². The molecule has 0 unspecified atom stereocenters. The quantitative estimate of drug-likeness (QED) is 0.0794. The van der Waals surface area contributed by atoms with Gasteiger partial charge >= 0.3 is 17.8 Å². The summed E-state index contributed by atoms with van der Waals surface area (Å²) in [6.45, 7) is 17.0. The van der Waals surface area contributed by atoms with Crippen molar-refractivity contribution in [3.63, 3.8) is 0 Å². The molecule has 0 amide bonds. The van der Waals surface area contributed by atoms with Gasteiger partial charge in [-0.05, 0) is 22.6 Å². The van der Waals surface area contributed by atoms with Gasteiger partial charge in [0.05, 0.1) is 35.4 Å². The molecule has 0 aliphatic rings. The summed E-state index contributed by atoms with van der Waals surface area (Å²) in [7, 11) is 0. The molecular weight excluding hydrogens is 957 g/mol. The zero-order valence-corrected chi connectivity index (χ0v) is 29.5. The normalized spacial score (nSPS) is 10.7. The second kappa shape index (κ2) is 24.0. The summed E-state index contributed by atoms with van der Waals surface area (Å²) in [5, 5.41) is 16.6. The molecule has 0 fully saturated rings. The molecule has 4 aromatic rings. The Bertz CT molecular complexity index is 1740. The lowest BCUT2D eigenvalue weighted by Crippen LogP contribution is -2.20. The Kier molecular flexibility index (Phi) is 23.0. The molecule has 4 heterocycles. The fourth-order valence-electron chi connectivity index (χ4n) is 2.43. The number of aromatic nitrogens is 8. The molecule has 4 aromatic heterocycles. The van der Waals surface area contributed by atoms with Crippen molar-refractivity contribution >= 4 is 80.1 Å². The average molecular weight is 982 g/mol. The van der Waals surface area contributed by atoms with Crippen LogP contribution in [0.5, 0.6) is 0 Å². The first kappa shape index (κ1) is 49.8. The summed E-state index contributed by atoms with van der Waals surface area (Å²) in [5.41, 5.74) is -1.47. The molecule has 0 aliphatic heterocycles. The lowest BCUT2D eigenvalue weighted by molar-refractivity contribution is -0.0597. The Hall–Kier alpha value is -4.29. The second-order valence-electron chi connectivity index (χ2n) is 8.36. The molecule has 278 valence electrons. The highest BCUT2D eigenvalue weighted by Gasteiger charge is 2.34. The molecule has 0 radical (unpaired) electrons. The third-order valence-electron chi connectivity index (χ3n) is 4.91. The Morgan fingerprint density at radius 2 is 1.00 bits per heavy atom. The van der Waals surface area contributed by atoms with Gasteiger partial charge in [0.1, 0.15) is 48.3 Å². The van der Waals surface area contributed by atoms with Crippen LogP contribution >= 0.6 is 56.8 Å². The van der Waals surface area contributed by atoms with Crippen LogP contribution in [0.3, 0.4) is 0 Å². The number of alkyl halides is 7. The molecule has 0 saturated heterocycles. The van der Waals surface area contributed by atoms with Crippen molar-refractivity contribution in [1.29, 1.82) is 0 Å². The monoisotopic (exact) mass is 981 g/mol. The number of hydrogen-bond donors (Lipinski definition) is 2. The van der Waals surface area contributed by atoms with Crippen LogP contribution in [0, 0.1) is 19.7 Å². The fourth-order valence-corrected chi connectivity index (χ4v) is 3.23. The minimum Gasteiger partial charge on any atom is -0.390 e. The van der Waals surface area contributed by atoms with Crippen molar-refractivity contribution < 1.29 is 40.9 Å². The van der Waals surface area contributed by atoms with Gasteiger partial charge in [-0.15, -0.1) is 15.0 Å². The van der Waals surface area contributed by atoms with Gasteiger partial charge in [0.15, 0.2) is 17.2 Å². The molecular formula is C29H25ClF7I2N11O2. The lowest BCUT2D eigenvalue weighted by atomic mass is 10.2. The number of rotatable bonds is 7. The Balaban J connectivity index is 0. The molecule has 52 heavy (non-hydrogen) atoms. The van der Waals surface area contributed by atoms with Crippen LogP contribution in [-0.2, 0) is 17.8 Å². The van der Waals surface area contributed by atoms with Gasteiger partial charge in [-0.25, -0.2) is 9.37 Å². The first-order valence-corrected chi connectivity index (χ1v) is 15.6.